The van der Waals surface area contributed by atoms with Gasteiger partial charge >= 0.3 is 0 Å². The van der Waals surface area contributed by atoms with Gasteiger partial charge in [-0.3, -0.25) is 0 Å². The number of hydrogen-bond donors (Lipinski definition) is 2. The predicted octanol–water partition coefficient (Wildman–Crippen LogP) is 4.51. The van der Waals surface area contributed by atoms with Gasteiger partial charge in [0.25, 0.3) is 0 Å². The van der Waals surface area contributed by atoms with Crippen molar-refractivity contribution < 1.29 is 0 Å². The molecule has 2 aromatic carbocycles. The average molecular weight is 475 g/mol. The predicted molar refractivity (Wildman–Crippen MR) is 122 cm³/mol. The van der Waals surface area contributed by atoms with Crippen molar-refractivity contribution in [2.75, 3.05) is 5.32 Å². The zero-order valence-electron chi connectivity index (χ0n) is 16.7. The lowest BCUT2D eigenvalue weighted by Crippen LogP contribution is -2.07. The van der Waals surface area contributed by atoms with E-state index in [-0.39, 0.29) is 0 Å². The Morgan fingerprint density at radius 1 is 1.06 bits per heavy atom. The van der Waals surface area contributed by atoms with Crippen molar-refractivity contribution in [1.82, 2.24) is 35.2 Å². The third-order valence-corrected chi connectivity index (χ3v) is 5.66. The van der Waals surface area contributed by atoms with E-state index >= 15 is 0 Å². The van der Waals surface area contributed by atoms with E-state index in [1.54, 1.807) is 6.20 Å². The third-order valence-electron chi connectivity index (χ3n) is 5.10. The number of nitrogens with one attached hydrogen (secondary N) is 2. The van der Waals surface area contributed by atoms with Gasteiger partial charge in [0.2, 0.25) is 5.82 Å². The fourth-order valence-electron chi connectivity index (χ4n) is 3.49. The topological polar surface area (TPSA) is 96.7 Å². The van der Waals surface area contributed by atoms with Crippen LogP contribution in [0.4, 0.5) is 5.82 Å². The number of H-pyrrole nitrogens is 1. The molecular formula is C22H19BrN8. The Morgan fingerprint density at radius 3 is 2.61 bits per heavy atom. The highest BCUT2D eigenvalue weighted by atomic mass is 79.9. The van der Waals surface area contributed by atoms with E-state index < -0.39 is 0 Å². The molecule has 0 amide bonds. The lowest BCUT2D eigenvalue weighted by molar-refractivity contribution is 0.881. The first-order valence-electron chi connectivity index (χ1n) is 9.92. The van der Waals surface area contributed by atoms with Gasteiger partial charge < -0.3 is 5.32 Å². The molecular weight excluding hydrogens is 456 g/mol. The van der Waals surface area contributed by atoms with Gasteiger partial charge in [-0.25, -0.2) is 4.98 Å². The Bertz CT molecular complexity index is 1330. The van der Waals surface area contributed by atoms with Crippen LogP contribution in [-0.4, -0.2) is 35.2 Å². The molecule has 0 saturated carbocycles. The summed E-state index contributed by atoms with van der Waals surface area (Å²) in [6.07, 6.45) is 2.63. The van der Waals surface area contributed by atoms with E-state index in [2.05, 4.69) is 89.2 Å². The number of aromatic nitrogens is 7. The highest BCUT2D eigenvalue weighted by Gasteiger charge is 2.11. The molecule has 0 atom stereocenters. The summed E-state index contributed by atoms with van der Waals surface area (Å²) in [6.45, 7) is 2.77. The lowest BCUT2D eigenvalue weighted by atomic mass is 9.98. The molecule has 0 bridgehead atoms. The first-order chi connectivity index (χ1) is 15.2. The minimum atomic E-state index is 0.583. The van der Waals surface area contributed by atoms with E-state index in [0.717, 1.165) is 50.3 Å². The first kappa shape index (κ1) is 19.4. The van der Waals surface area contributed by atoms with Crippen molar-refractivity contribution in [2.45, 2.75) is 19.9 Å². The Morgan fingerprint density at radius 2 is 1.87 bits per heavy atom. The van der Waals surface area contributed by atoms with Crippen LogP contribution in [0.15, 0.2) is 65.3 Å². The van der Waals surface area contributed by atoms with Gasteiger partial charge in [-0.15, -0.1) is 10.2 Å². The number of nitrogens with zero attached hydrogens (tertiary/aromatic N) is 6. The Labute approximate surface area is 186 Å². The van der Waals surface area contributed by atoms with E-state index in [9.17, 15) is 0 Å². The molecule has 0 unspecified atom stereocenters. The van der Waals surface area contributed by atoms with Crippen molar-refractivity contribution >= 4 is 27.4 Å². The van der Waals surface area contributed by atoms with E-state index in [0.29, 0.717) is 12.4 Å². The first-order valence-corrected chi connectivity index (χ1v) is 10.7. The maximum Gasteiger partial charge on any atom is 0.205 e. The highest BCUT2D eigenvalue weighted by Crippen LogP contribution is 2.30. The van der Waals surface area contributed by atoms with Gasteiger partial charge in [0.05, 0.1) is 10.7 Å². The molecule has 5 rings (SSSR count). The second-order valence-electron chi connectivity index (χ2n) is 7.05. The number of halogens is 1. The second kappa shape index (κ2) is 8.27. The van der Waals surface area contributed by atoms with Crippen molar-refractivity contribution in [3.05, 3.63) is 76.5 Å². The van der Waals surface area contributed by atoms with Gasteiger partial charge in [0.1, 0.15) is 5.82 Å². The number of aryl methyl sites for hydroxylation is 1. The quantitative estimate of drug-likeness (QED) is 0.375. The standard InChI is InChI=1S/C22H19BrN8/c1-2-16-11-20(31-22(26-16)19(23)13-25-31)24-12-14-7-9-15(10-8-14)17-5-3-4-6-18(17)21-27-29-30-28-21/h3-11,13,24H,2,12H2,1H3,(H,27,28,29,30). The molecule has 0 aliphatic carbocycles. The third kappa shape index (κ3) is 3.79. The SMILES string of the molecule is CCc1cc(NCc2ccc(-c3ccccc3-c3nn[nH]n3)cc2)n2ncc(Br)c2n1. The van der Waals surface area contributed by atoms with Crippen molar-refractivity contribution in [3.8, 4) is 22.5 Å². The Hall–Kier alpha value is -3.59. The average Bonchev–Trinajstić information content (AvgIpc) is 3.48. The molecule has 154 valence electrons. The molecule has 9 heteroatoms. The summed E-state index contributed by atoms with van der Waals surface area (Å²) in [4.78, 5) is 4.64. The molecule has 0 spiro atoms. The number of rotatable bonds is 6. The summed E-state index contributed by atoms with van der Waals surface area (Å²) < 4.78 is 2.70. The van der Waals surface area contributed by atoms with Crippen LogP contribution in [-0.2, 0) is 13.0 Å². The van der Waals surface area contributed by atoms with Gasteiger partial charge in [-0.05, 0) is 44.3 Å². The minimum Gasteiger partial charge on any atom is -0.366 e. The molecule has 0 aliphatic heterocycles. The van der Waals surface area contributed by atoms with E-state index in [1.165, 1.54) is 0 Å². The van der Waals surface area contributed by atoms with E-state index in [4.69, 9.17) is 0 Å². The van der Waals surface area contributed by atoms with Crippen LogP contribution < -0.4 is 5.32 Å². The highest BCUT2D eigenvalue weighted by molar-refractivity contribution is 9.10. The minimum absolute atomic E-state index is 0.583. The molecule has 31 heavy (non-hydrogen) atoms. The molecule has 0 saturated heterocycles. The van der Waals surface area contributed by atoms with Crippen molar-refractivity contribution in [1.29, 1.82) is 0 Å². The Kier molecular flexibility index (Phi) is 5.17. The fraction of sp³-hybridized carbons (Fsp3) is 0.136. The smallest absolute Gasteiger partial charge is 0.205 e. The summed E-state index contributed by atoms with van der Waals surface area (Å²) in [6, 6.07) is 18.5. The van der Waals surface area contributed by atoms with Gasteiger partial charge in [-0.2, -0.15) is 14.8 Å². The van der Waals surface area contributed by atoms with Gasteiger partial charge in [-0.1, -0.05) is 55.5 Å². The summed E-state index contributed by atoms with van der Waals surface area (Å²) >= 11 is 3.52. The number of anilines is 1. The largest absolute Gasteiger partial charge is 0.366 e. The second-order valence-corrected chi connectivity index (χ2v) is 7.90. The Balaban J connectivity index is 1.39. The van der Waals surface area contributed by atoms with Crippen molar-refractivity contribution in [3.63, 3.8) is 0 Å². The summed E-state index contributed by atoms with van der Waals surface area (Å²) in [5, 5.41) is 22.3. The molecule has 0 radical (unpaired) electrons. The maximum atomic E-state index is 4.64. The van der Waals surface area contributed by atoms with Gasteiger partial charge in [0, 0.05) is 23.9 Å². The summed E-state index contributed by atoms with van der Waals surface area (Å²) in [5.41, 5.74) is 6.10. The lowest BCUT2D eigenvalue weighted by Gasteiger charge is -2.11. The van der Waals surface area contributed by atoms with Crippen LogP contribution in [0.5, 0.6) is 0 Å². The molecule has 5 aromatic rings. The van der Waals surface area contributed by atoms with Crippen LogP contribution >= 0.6 is 15.9 Å². The summed E-state index contributed by atoms with van der Waals surface area (Å²) in [5.74, 6) is 1.50. The number of aromatic amines is 1. The van der Waals surface area contributed by atoms with Crippen LogP contribution in [0.25, 0.3) is 28.2 Å². The van der Waals surface area contributed by atoms with Crippen LogP contribution in [0.3, 0.4) is 0 Å². The van der Waals surface area contributed by atoms with Crippen molar-refractivity contribution in [2.24, 2.45) is 0 Å². The molecule has 0 fully saturated rings. The summed E-state index contributed by atoms with van der Waals surface area (Å²) in [7, 11) is 0. The van der Waals surface area contributed by atoms with Crippen LogP contribution in [0.2, 0.25) is 0 Å². The molecule has 3 heterocycles. The monoisotopic (exact) mass is 474 g/mol. The molecule has 8 nitrogen and oxygen atoms in total. The number of benzene rings is 2. The fourth-order valence-corrected chi connectivity index (χ4v) is 3.84. The van der Waals surface area contributed by atoms with Gasteiger partial charge in [0.15, 0.2) is 5.65 Å². The zero-order chi connectivity index (χ0) is 21.2. The molecule has 0 aliphatic rings. The normalized spacial score (nSPS) is 11.2. The maximum absolute atomic E-state index is 4.64. The molecule has 3 aromatic heterocycles. The van der Waals surface area contributed by atoms with Crippen LogP contribution in [0.1, 0.15) is 18.2 Å². The van der Waals surface area contributed by atoms with E-state index in [1.807, 2.05) is 28.8 Å². The number of fused-ring (bicyclic) bond motifs is 1. The molecule has 2 N–H and O–H groups in total. The number of hydrogen-bond acceptors (Lipinski definition) is 6. The number of tetrazole rings is 1. The zero-order valence-corrected chi connectivity index (χ0v) is 18.3. The van der Waals surface area contributed by atoms with Crippen LogP contribution in [0, 0.1) is 0 Å².